The standard InChI is InChI=1S/C23H38O/c1-5-15(2)18-14-23(4)16(13-21(18)24)8-9-17-19-7-6-11-22(19,3)12-10-20(17)23/h15-20H,5-14H2,1-4H3/t15?,16-,17+,18-,19+,20+,22+,23+/m1/s1. The summed E-state index contributed by atoms with van der Waals surface area (Å²) in [5.74, 6) is 5.10. The first-order valence-electron chi connectivity index (χ1n) is 10.9. The van der Waals surface area contributed by atoms with Crippen molar-refractivity contribution in [2.45, 2.75) is 91.9 Å². The molecule has 1 nitrogen and oxygen atoms in total. The van der Waals surface area contributed by atoms with Gasteiger partial charge in [-0.15, -0.1) is 0 Å². The summed E-state index contributed by atoms with van der Waals surface area (Å²) in [7, 11) is 0. The highest BCUT2D eigenvalue weighted by Crippen LogP contribution is 2.66. The van der Waals surface area contributed by atoms with Crippen LogP contribution in [0.15, 0.2) is 0 Å². The predicted molar refractivity (Wildman–Crippen MR) is 99.7 cm³/mol. The summed E-state index contributed by atoms with van der Waals surface area (Å²) in [6.07, 6.45) is 13.4. The van der Waals surface area contributed by atoms with Gasteiger partial charge >= 0.3 is 0 Å². The number of rotatable bonds is 2. The Morgan fingerprint density at radius 3 is 2.62 bits per heavy atom. The molecule has 0 N–H and O–H groups in total. The van der Waals surface area contributed by atoms with Gasteiger partial charge in [-0.05, 0) is 85.4 Å². The van der Waals surface area contributed by atoms with Crippen LogP contribution in [0.3, 0.4) is 0 Å². The maximum Gasteiger partial charge on any atom is 0.136 e. The normalized spacial score (nSPS) is 52.3. The van der Waals surface area contributed by atoms with Crippen LogP contribution in [0.25, 0.3) is 0 Å². The average Bonchev–Trinajstić information content (AvgIpc) is 2.96. The number of hydrogen-bond donors (Lipinski definition) is 0. The number of fused-ring (bicyclic) bond motifs is 5. The molecule has 1 heteroatoms. The number of Topliss-reactive ketones (excluding diaryl/α,β-unsaturated/α-hetero) is 1. The van der Waals surface area contributed by atoms with E-state index in [4.69, 9.17) is 0 Å². The zero-order valence-electron chi connectivity index (χ0n) is 16.4. The van der Waals surface area contributed by atoms with Crippen LogP contribution in [0.2, 0.25) is 0 Å². The third-order valence-corrected chi connectivity index (χ3v) is 9.70. The lowest BCUT2D eigenvalue weighted by Crippen LogP contribution is -2.54. The van der Waals surface area contributed by atoms with E-state index in [0.29, 0.717) is 34.4 Å². The van der Waals surface area contributed by atoms with Gasteiger partial charge in [-0.3, -0.25) is 4.79 Å². The van der Waals surface area contributed by atoms with Crippen molar-refractivity contribution in [1.29, 1.82) is 0 Å². The van der Waals surface area contributed by atoms with Crippen molar-refractivity contribution in [1.82, 2.24) is 0 Å². The molecule has 24 heavy (non-hydrogen) atoms. The maximum atomic E-state index is 12.8. The van der Waals surface area contributed by atoms with E-state index in [0.717, 1.165) is 30.6 Å². The highest BCUT2D eigenvalue weighted by atomic mass is 16.1. The Labute approximate surface area is 149 Å². The summed E-state index contributed by atoms with van der Waals surface area (Å²) in [6.45, 7) is 9.79. The molecule has 0 heterocycles. The Morgan fingerprint density at radius 1 is 1.08 bits per heavy atom. The van der Waals surface area contributed by atoms with Gasteiger partial charge in [0.05, 0.1) is 0 Å². The van der Waals surface area contributed by atoms with Gasteiger partial charge in [0.2, 0.25) is 0 Å². The van der Waals surface area contributed by atoms with E-state index in [2.05, 4.69) is 27.7 Å². The van der Waals surface area contributed by atoms with Crippen LogP contribution >= 0.6 is 0 Å². The SMILES string of the molecule is CCC(C)[C@H]1C[C@@]2(C)[C@H](CC[C@H]3[C@@H]4CCC[C@@]4(C)CC[C@@H]32)CC1=O. The Bertz CT molecular complexity index is 510. The molecule has 0 saturated heterocycles. The van der Waals surface area contributed by atoms with E-state index < -0.39 is 0 Å². The van der Waals surface area contributed by atoms with Crippen LogP contribution < -0.4 is 0 Å². The summed E-state index contributed by atoms with van der Waals surface area (Å²) < 4.78 is 0. The molecule has 0 aliphatic heterocycles. The number of ketones is 1. The fourth-order valence-corrected chi connectivity index (χ4v) is 7.97. The fraction of sp³-hybridized carbons (Fsp3) is 0.957. The molecule has 0 aromatic rings. The quantitative estimate of drug-likeness (QED) is 0.584. The number of carbonyl (C=O) groups excluding carboxylic acids is 1. The van der Waals surface area contributed by atoms with Gasteiger partial charge in [0.15, 0.2) is 0 Å². The van der Waals surface area contributed by atoms with Crippen molar-refractivity contribution >= 4 is 5.78 Å². The van der Waals surface area contributed by atoms with Gasteiger partial charge in [0, 0.05) is 12.3 Å². The Morgan fingerprint density at radius 2 is 1.88 bits per heavy atom. The van der Waals surface area contributed by atoms with Gasteiger partial charge < -0.3 is 0 Å². The minimum Gasteiger partial charge on any atom is -0.299 e. The van der Waals surface area contributed by atoms with E-state index in [-0.39, 0.29) is 0 Å². The molecular weight excluding hydrogens is 292 g/mol. The maximum absolute atomic E-state index is 12.8. The molecular formula is C23H38O. The lowest BCUT2D eigenvalue weighted by molar-refractivity contribution is -0.149. The molecule has 4 saturated carbocycles. The molecule has 4 aliphatic rings. The second-order valence-corrected chi connectivity index (χ2v) is 10.6. The first-order valence-corrected chi connectivity index (χ1v) is 10.9. The molecule has 0 aromatic carbocycles. The zero-order valence-corrected chi connectivity index (χ0v) is 16.4. The second kappa shape index (κ2) is 5.85. The van der Waals surface area contributed by atoms with Crippen LogP contribution in [0.1, 0.15) is 91.9 Å². The molecule has 0 aromatic heterocycles. The molecule has 1 unspecified atom stereocenters. The Hall–Kier alpha value is -0.330. The summed E-state index contributed by atoms with van der Waals surface area (Å²) in [5, 5.41) is 0. The molecule has 0 radical (unpaired) electrons. The minimum absolute atomic E-state index is 0.354. The van der Waals surface area contributed by atoms with Gasteiger partial charge in [-0.1, -0.05) is 40.5 Å². The molecule has 8 atom stereocenters. The molecule has 0 bridgehead atoms. The lowest BCUT2D eigenvalue weighted by Gasteiger charge is -2.61. The van der Waals surface area contributed by atoms with Crippen LogP contribution in [0.5, 0.6) is 0 Å². The van der Waals surface area contributed by atoms with Gasteiger partial charge in [0.1, 0.15) is 5.78 Å². The molecule has 4 fully saturated rings. The molecule has 0 spiro atoms. The highest BCUT2D eigenvalue weighted by Gasteiger charge is 2.59. The first kappa shape index (κ1) is 17.1. The lowest BCUT2D eigenvalue weighted by atomic mass is 9.44. The van der Waals surface area contributed by atoms with E-state index >= 15 is 0 Å². The van der Waals surface area contributed by atoms with Crippen molar-refractivity contribution in [2.75, 3.05) is 0 Å². The Balaban J connectivity index is 1.62. The monoisotopic (exact) mass is 330 g/mol. The summed E-state index contributed by atoms with van der Waals surface area (Å²) >= 11 is 0. The van der Waals surface area contributed by atoms with Crippen LogP contribution in [0.4, 0.5) is 0 Å². The number of hydrogen-bond acceptors (Lipinski definition) is 1. The number of carbonyl (C=O) groups is 1. The van der Waals surface area contributed by atoms with Crippen LogP contribution in [0, 0.1) is 46.3 Å². The van der Waals surface area contributed by atoms with E-state index in [1.54, 1.807) is 0 Å². The summed E-state index contributed by atoms with van der Waals surface area (Å²) in [5.41, 5.74) is 1.11. The van der Waals surface area contributed by atoms with E-state index in [1.807, 2.05) is 0 Å². The molecule has 0 amide bonds. The summed E-state index contributed by atoms with van der Waals surface area (Å²) in [4.78, 5) is 12.8. The van der Waals surface area contributed by atoms with Gasteiger partial charge in [-0.2, -0.15) is 0 Å². The minimum atomic E-state index is 0.354. The molecule has 4 aliphatic carbocycles. The van der Waals surface area contributed by atoms with Crippen molar-refractivity contribution in [3.63, 3.8) is 0 Å². The van der Waals surface area contributed by atoms with Crippen molar-refractivity contribution in [3.8, 4) is 0 Å². The van der Waals surface area contributed by atoms with Crippen molar-refractivity contribution in [3.05, 3.63) is 0 Å². The predicted octanol–water partition coefficient (Wildman–Crippen LogP) is 6.26. The summed E-state index contributed by atoms with van der Waals surface area (Å²) in [6, 6.07) is 0. The zero-order chi connectivity index (χ0) is 17.1. The Kier molecular flexibility index (Phi) is 4.17. The third kappa shape index (κ3) is 2.36. The molecule has 4 rings (SSSR count). The van der Waals surface area contributed by atoms with E-state index in [1.165, 1.54) is 51.4 Å². The van der Waals surface area contributed by atoms with Gasteiger partial charge in [0.25, 0.3) is 0 Å². The topological polar surface area (TPSA) is 17.1 Å². The third-order valence-electron chi connectivity index (χ3n) is 9.70. The van der Waals surface area contributed by atoms with Crippen molar-refractivity contribution < 1.29 is 4.79 Å². The van der Waals surface area contributed by atoms with Crippen molar-refractivity contribution in [2.24, 2.45) is 46.3 Å². The van der Waals surface area contributed by atoms with Gasteiger partial charge in [-0.25, -0.2) is 0 Å². The highest BCUT2D eigenvalue weighted by molar-refractivity contribution is 5.82. The molecule has 136 valence electrons. The van der Waals surface area contributed by atoms with Crippen LogP contribution in [-0.4, -0.2) is 5.78 Å². The fourth-order valence-electron chi connectivity index (χ4n) is 7.97. The van der Waals surface area contributed by atoms with E-state index in [9.17, 15) is 4.79 Å². The first-order chi connectivity index (χ1) is 11.4. The average molecular weight is 331 g/mol. The largest absolute Gasteiger partial charge is 0.299 e. The smallest absolute Gasteiger partial charge is 0.136 e. The van der Waals surface area contributed by atoms with Crippen LogP contribution in [-0.2, 0) is 4.79 Å². The second-order valence-electron chi connectivity index (χ2n) is 10.6.